The van der Waals surface area contributed by atoms with Gasteiger partial charge in [-0.1, -0.05) is 20.8 Å². The van der Waals surface area contributed by atoms with Gasteiger partial charge < -0.3 is 10.2 Å². The Labute approximate surface area is 118 Å². The summed E-state index contributed by atoms with van der Waals surface area (Å²) in [6.07, 6.45) is 0.437. The van der Waals surface area contributed by atoms with Crippen LogP contribution in [0.3, 0.4) is 0 Å². The molecule has 0 aliphatic rings. The van der Waals surface area contributed by atoms with Crippen molar-refractivity contribution in [2.75, 3.05) is 19.6 Å². The minimum atomic E-state index is -0.399. The van der Waals surface area contributed by atoms with Gasteiger partial charge in [-0.3, -0.25) is 9.59 Å². The minimum absolute atomic E-state index is 0.0228. The second-order valence-corrected chi connectivity index (χ2v) is 7.02. The fraction of sp³-hybridized carbons (Fsp3) is 0.857. The van der Waals surface area contributed by atoms with E-state index in [-0.39, 0.29) is 23.8 Å². The van der Waals surface area contributed by atoms with Gasteiger partial charge >= 0.3 is 0 Å². The topological polar surface area (TPSA) is 49.4 Å². The summed E-state index contributed by atoms with van der Waals surface area (Å²) in [5.41, 5.74) is -0.376. The molecule has 5 heteroatoms. The first-order chi connectivity index (χ1) is 8.47. The van der Waals surface area contributed by atoms with E-state index in [1.165, 1.54) is 0 Å². The van der Waals surface area contributed by atoms with E-state index in [4.69, 9.17) is 0 Å². The third-order valence-electron chi connectivity index (χ3n) is 2.86. The highest BCUT2D eigenvalue weighted by Gasteiger charge is 2.25. The van der Waals surface area contributed by atoms with Gasteiger partial charge in [0, 0.05) is 24.0 Å². The molecular weight excluding hydrogens is 239 g/mol. The van der Waals surface area contributed by atoms with Gasteiger partial charge in [0.25, 0.3) is 0 Å². The lowest BCUT2D eigenvalue weighted by atomic mass is 9.90. The molecule has 1 amide bonds. The highest BCUT2D eigenvalue weighted by Crippen LogP contribution is 2.15. The van der Waals surface area contributed by atoms with Crippen molar-refractivity contribution in [2.45, 2.75) is 53.4 Å². The quantitative estimate of drug-likeness (QED) is 0.727. The van der Waals surface area contributed by atoms with Crippen molar-refractivity contribution in [3.8, 4) is 0 Å². The monoisotopic (exact) mass is 268 g/mol. The molecule has 0 saturated heterocycles. The maximum atomic E-state index is 12.0. The van der Waals surface area contributed by atoms with Gasteiger partial charge in [-0.15, -0.1) is 0 Å². The van der Waals surface area contributed by atoms with E-state index >= 15 is 0 Å². The van der Waals surface area contributed by atoms with Crippen molar-refractivity contribution in [3.63, 3.8) is 0 Å². The van der Waals surface area contributed by atoms with Crippen molar-refractivity contribution in [2.24, 2.45) is 5.41 Å². The molecule has 0 aliphatic carbocycles. The van der Waals surface area contributed by atoms with Gasteiger partial charge in [-0.05, 0) is 27.1 Å². The largest absolute Gasteiger partial charge is 0.335 e. The molecular formula is C14H29BN2O2. The molecule has 4 nitrogen and oxygen atoms in total. The van der Waals surface area contributed by atoms with Crippen molar-refractivity contribution < 1.29 is 9.59 Å². The first kappa shape index (κ1) is 18.2. The summed E-state index contributed by atoms with van der Waals surface area (Å²) in [4.78, 5) is 25.6. The number of hydrogen-bond donors (Lipinski definition) is 1. The molecule has 0 radical (unpaired) electrons. The molecule has 0 aromatic rings. The summed E-state index contributed by atoms with van der Waals surface area (Å²) in [6, 6.07) is 0. The summed E-state index contributed by atoms with van der Waals surface area (Å²) in [5, 5.41) is 3.34. The first-order valence-electron chi connectivity index (χ1n) is 7.03. The molecule has 0 bridgehead atoms. The molecule has 0 saturated carbocycles. The third-order valence-corrected chi connectivity index (χ3v) is 2.86. The molecule has 0 aliphatic heterocycles. The lowest BCUT2D eigenvalue weighted by molar-refractivity contribution is -0.136. The normalized spacial score (nSPS) is 12.3. The second-order valence-electron chi connectivity index (χ2n) is 7.02. The molecule has 0 unspecified atom stereocenters. The molecule has 0 heterocycles. The van der Waals surface area contributed by atoms with Crippen LogP contribution in [0.1, 0.15) is 41.5 Å². The summed E-state index contributed by atoms with van der Waals surface area (Å²) in [5.74, 6) is 0.137. The highest BCUT2D eigenvalue weighted by molar-refractivity contribution is 6.19. The predicted octanol–water partition coefficient (Wildman–Crippen LogP) is 0.870. The fourth-order valence-electron chi connectivity index (χ4n) is 1.49. The van der Waals surface area contributed by atoms with Crippen LogP contribution in [-0.4, -0.2) is 49.6 Å². The number of ketones is 1. The maximum Gasteiger partial charge on any atom is 0.215 e. The number of nitrogens with one attached hydrogen (secondary N) is 1. The predicted molar refractivity (Wildman–Crippen MR) is 82.1 cm³/mol. The zero-order chi connectivity index (χ0) is 15.3. The molecule has 0 spiro atoms. The van der Waals surface area contributed by atoms with Crippen molar-refractivity contribution >= 4 is 19.5 Å². The fourth-order valence-corrected chi connectivity index (χ4v) is 1.49. The Kier molecular flexibility index (Phi) is 6.77. The van der Waals surface area contributed by atoms with Gasteiger partial charge in [-0.2, -0.15) is 0 Å². The summed E-state index contributed by atoms with van der Waals surface area (Å²) in [7, 11) is 1.83. The zero-order valence-corrected chi connectivity index (χ0v) is 13.6. The van der Waals surface area contributed by atoms with Crippen LogP contribution in [0.2, 0.25) is 6.32 Å². The summed E-state index contributed by atoms with van der Waals surface area (Å²) >= 11 is 0. The van der Waals surface area contributed by atoms with E-state index in [1.54, 1.807) is 4.90 Å². The van der Waals surface area contributed by atoms with Crippen molar-refractivity contribution in [3.05, 3.63) is 0 Å². The number of nitrogens with zero attached hydrogens (tertiary/aromatic N) is 1. The average molecular weight is 268 g/mol. The Bertz CT molecular complexity index is 316. The Balaban J connectivity index is 4.49. The Hall–Kier alpha value is -0.835. The van der Waals surface area contributed by atoms with Crippen LogP contribution in [0.5, 0.6) is 0 Å². The van der Waals surface area contributed by atoms with Crippen LogP contribution in [0, 0.1) is 5.41 Å². The van der Waals surface area contributed by atoms with E-state index in [1.807, 2.05) is 28.6 Å². The molecule has 0 aromatic heterocycles. The SMILES string of the molecule is BCC(=O)N(CCNC(C)(C)C)CC(=O)C(C)(C)C. The van der Waals surface area contributed by atoms with Crippen LogP contribution < -0.4 is 5.32 Å². The van der Waals surface area contributed by atoms with Crippen LogP contribution in [0.15, 0.2) is 0 Å². The smallest absolute Gasteiger partial charge is 0.215 e. The molecule has 0 fully saturated rings. The zero-order valence-electron chi connectivity index (χ0n) is 13.6. The third kappa shape index (κ3) is 8.04. The molecule has 0 rings (SSSR count). The number of carbonyl (C=O) groups excluding carboxylic acids is 2. The average Bonchev–Trinajstić information content (AvgIpc) is 2.23. The van der Waals surface area contributed by atoms with Crippen LogP contribution in [0.25, 0.3) is 0 Å². The van der Waals surface area contributed by atoms with Crippen LogP contribution in [0.4, 0.5) is 0 Å². The van der Waals surface area contributed by atoms with E-state index in [9.17, 15) is 9.59 Å². The molecule has 0 atom stereocenters. The number of carbonyl (C=O) groups is 2. The van der Waals surface area contributed by atoms with Crippen molar-refractivity contribution in [1.29, 1.82) is 0 Å². The highest BCUT2D eigenvalue weighted by atomic mass is 16.2. The van der Waals surface area contributed by atoms with Crippen molar-refractivity contribution in [1.82, 2.24) is 10.2 Å². The first-order valence-corrected chi connectivity index (χ1v) is 7.03. The maximum absolute atomic E-state index is 12.0. The van der Waals surface area contributed by atoms with E-state index in [0.29, 0.717) is 19.4 Å². The Morgan fingerprint density at radius 3 is 2.00 bits per heavy atom. The van der Waals surface area contributed by atoms with Crippen LogP contribution in [-0.2, 0) is 9.59 Å². The Morgan fingerprint density at radius 1 is 1.11 bits per heavy atom. The summed E-state index contributed by atoms with van der Waals surface area (Å²) < 4.78 is 0. The summed E-state index contributed by atoms with van der Waals surface area (Å²) in [6.45, 7) is 13.4. The minimum Gasteiger partial charge on any atom is -0.335 e. The molecule has 110 valence electrons. The number of Topliss-reactive ketones (excluding diaryl/α,β-unsaturated/α-hetero) is 1. The molecule has 0 aromatic carbocycles. The van der Waals surface area contributed by atoms with Gasteiger partial charge in [0.1, 0.15) is 7.85 Å². The molecule has 19 heavy (non-hydrogen) atoms. The Morgan fingerprint density at radius 2 is 1.63 bits per heavy atom. The molecule has 1 N–H and O–H groups in total. The number of rotatable bonds is 6. The van der Waals surface area contributed by atoms with Gasteiger partial charge in [0.05, 0.1) is 6.54 Å². The van der Waals surface area contributed by atoms with Gasteiger partial charge in [-0.25, -0.2) is 0 Å². The second kappa shape index (κ2) is 7.08. The van der Waals surface area contributed by atoms with E-state index in [0.717, 1.165) is 0 Å². The number of amides is 1. The van der Waals surface area contributed by atoms with Crippen LogP contribution >= 0.6 is 0 Å². The number of hydrogen-bond acceptors (Lipinski definition) is 3. The standard InChI is InChI=1S/C14H29BN2O2/c1-13(2,3)11(18)10-17(12(19)9-15)8-7-16-14(4,5)6/h16H,7-10,15H2,1-6H3. The van der Waals surface area contributed by atoms with E-state index in [2.05, 4.69) is 26.1 Å². The van der Waals surface area contributed by atoms with Gasteiger partial charge in [0.2, 0.25) is 5.91 Å². The lowest BCUT2D eigenvalue weighted by Crippen LogP contribution is -2.45. The lowest BCUT2D eigenvalue weighted by Gasteiger charge is -2.28. The van der Waals surface area contributed by atoms with Gasteiger partial charge in [0.15, 0.2) is 5.78 Å². The van der Waals surface area contributed by atoms with E-state index < -0.39 is 5.41 Å².